The summed E-state index contributed by atoms with van der Waals surface area (Å²) in [6.45, 7) is 4.50. The molecule has 1 heterocycles. The van der Waals surface area contributed by atoms with Crippen molar-refractivity contribution >= 4 is 22.5 Å². The number of benzene rings is 2. The van der Waals surface area contributed by atoms with E-state index in [4.69, 9.17) is 0 Å². The van der Waals surface area contributed by atoms with Crippen molar-refractivity contribution in [1.82, 2.24) is 4.57 Å². The standard InChI is InChI=1S/C19H20N2O/c1-3-15-6-9-18-16(12-15)10-11-21(18)13-19(22)20-17-7-4-14(2)5-8-17/h4-12H,3,13H2,1-2H3,(H,20,22). The molecule has 0 atom stereocenters. The molecular formula is C19H20N2O. The Morgan fingerprint density at radius 1 is 1.09 bits per heavy atom. The summed E-state index contributed by atoms with van der Waals surface area (Å²) in [7, 11) is 0. The van der Waals surface area contributed by atoms with Gasteiger partial charge in [0, 0.05) is 17.4 Å². The number of hydrogen-bond acceptors (Lipinski definition) is 1. The van der Waals surface area contributed by atoms with E-state index in [9.17, 15) is 4.79 Å². The van der Waals surface area contributed by atoms with Gasteiger partial charge in [-0.25, -0.2) is 0 Å². The van der Waals surface area contributed by atoms with Crippen LogP contribution in [0.25, 0.3) is 10.9 Å². The van der Waals surface area contributed by atoms with Crippen molar-refractivity contribution in [2.75, 3.05) is 5.32 Å². The van der Waals surface area contributed by atoms with E-state index in [0.29, 0.717) is 6.54 Å². The molecule has 0 bridgehead atoms. The Morgan fingerprint density at radius 3 is 2.59 bits per heavy atom. The third kappa shape index (κ3) is 3.03. The molecule has 112 valence electrons. The van der Waals surface area contributed by atoms with Gasteiger partial charge in [-0.1, -0.05) is 30.7 Å². The van der Waals surface area contributed by atoms with Gasteiger partial charge in [0.05, 0.1) is 0 Å². The molecule has 0 saturated carbocycles. The second-order valence-corrected chi connectivity index (χ2v) is 5.60. The molecule has 0 fully saturated rings. The first kappa shape index (κ1) is 14.4. The molecule has 3 rings (SSSR count). The number of nitrogens with zero attached hydrogens (tertiary/aromatic N) is 1. The van der Waals surface area contributed by atoms with Gasteiger partial charge in [0.1, 0.15) is 6.54 Å². The monoisotopic (exact) mass is 292 g/mol. The van der Waals surface area contributed by atoms with Crippen LogP contribution < -0.4 is 5.32 Å². The van der Waals surface area contributed by atoms with E-state index >= 15 is 0 Å². The number of aromatic nitrogens is 1. The van der Waals surface area contributed by atoms with E-state index in [2.05, 4.69) is 36.5 Å². The smallest absolute Gasteiger partial charge is 0.244 e. The maximum Gasteiger partial charge on any atom is 0.244 e. The van der Waals surface area contributed by atoms with Crippen molar-refractivity contribution < 1.29 is 4.79 Å². The van der Waals surface area contributed by atoms with E-state index in [-0.39, 0.29) is 5.91 Å². The Morgan fingerprint density at radius 2 is 1.86 bits per heavy atom. The molecule has 3 nitrogen and oxygen atoms in total. The zero-order valence-electron chi connectivity index (χ0n) is 13.0. The maximum absolute atomic E-state index is 12.2. The highest BCUT2D eigenvalue weighted by atomic mass is 16.1. The van der Waals surface area contributed by atoms with Gasteiger partial charge in [0.2, 0.25) is 5.91 Å². The van der Waals surface area contributed by atoms with E-state index in [0.717, 1.165) is 17.6 Å². The van der Waals surface area contributed by atoms with E-state index in [1.165, 1.54) is 16.5 Å². The van der Waals surface area contributed by atoms with Crippen LogP contribution in [0, 0.1) is 6.92 Å². The Balaban J connectivity index is 1.75. The molecule has 3 heteroatoms. The maximum atomic E-state index is 12.2. The summed E-state index contributed by atoms with van der Waals surface area (Å²) in [4.78, 5) is 12.2. The fourth-order valence-corrected chi connectivity index (χ4v) is 2.60. The van der Waals surface area contributed by atoms with E-state index in [1.54, 1.807) is 0 Å². The fourth-order valence-electron chi connectivity index (χ4n) is 2.60. The first-order valence-corrected chi connectivity index (χ1v) is 7.60. The van der Waals surface area contributed by atoms with E-state index in [1.807, 2.05) is 42.0 Å². The predicted molar refractivity (Wildman–Crippen MR) is 91.1 cm³/mol. The number of hydrogen-bond donors (Lipinski definition) is 1. The van der Waals surface area contributed by atoms with Crippen molar-refractivity contribution in [3.63, 3.8) is 0 Å². The number of amides is 1. The zero-order chi connectivity index (χ0) is 15.5. The van der Waals surface area contributed by atoms with Crippen LogP contribution in [-0.4, -0.2) is 10.5 Å². The van der Waals surface area contributed by atoms with Crippen molar-refractivity contribution in [1.29, 1.82) is 0 Å². The normalized spacial score (nSPS) is 10.8. The molecular weight excluding hydrogens is 272 g/mol. The lowest BCUT2D eigenvalue weighted by atomic mass is 10.1. The van der Waals surface area contributed by atoms with Crippen LogP contribution in [-0.2, 0) is 17.8 Å². The molecule has 2 aromatic carbocycles. The molecule has 0 spiro atoms. The number of carbonyl (C=O) groups excluding carboxylic acids is 1. The molecule has 22 heavy (non-hydrogen) atoms. The van der Waals surface area contributed by atoms with Gasteiger partial charge in [-0.3, -0.25) is 4.79 Å². The highest BCUT2D eigenvalue weighted by Gasteiger charge is 2.07. The Hall–Kier alpha value is -2.55. The minimum absolute atomic E-state index is 0.0130. The van der Waals surface area contributed by atoms with Gasteiger partial charge in [0.15, 0.2) is 0 Å². The first-order valence-electron chi connectivity index (χ1n) is 7.60. The van der Waals surface area contributed by atoms with Crippen LogP contribution in [0.3, 0.4) is 0 Å². The molecule has 0 radical (unpaired) electrons. The highest BCUT2D eigenvalue weighted by molar-refractivity contribution is 5.92. The molecule has 0 unspecified atom stereocenters. The number of carbonyl (C=O) groups is 1. The second kappa shape index (κ2) is 6.06. The highest BCUT2D eigenvalue weighted by Crippen LogP contribution is 2.18. The number of rotatable bonds is 4. The Kier molecular flexibility index (Phi) is 3.96. The van der Waals surface area contributed by atoms with Crippen LogP contribution in [0.5, 0.6) is 0 Å². The largest absolute Gasteiger partial charge is 0.338 e. The average Bonchev–Trinajstić information content (AvgIpc) is 2.91. The molecule has 0 aliphatic rings. The van der Waals surface area contributed by atoms with Crippen LogP contribution in [0.15, 0.2) is 54.7 Å². The molecule has 1 aromatic heterocycles. The lowest BCUT2D eigenvalue weighted by Crippen LogP contribution is -2.18. The third-order valence-corrected chi connectivity index (χ3v) is 3.89. The molecule has 0 saturated heterocycles. The number of nitrogens with one attached hydrogen (secondary N) is 1. The second-order valence-electron chi connectivity index (χ2n) is 5.60. The molecule has 3 aromatic rings. The van der Waals surface area contributed by atoms with Crippen molar-refractivity contribution in [3.05, 3.63) is 65.9 Å². The molecule has 1 amide bonds. The van der Waals surface area contributed by atoms with Crippen molar-refractivity contribution in [3.8, 4) is 0 Å². The lowest BCUT2D eigenvalue weighted by Gasteiger charge is -2.08. The number of anilines is 1. The Bertz CT molecular complexity index is 800. The summed E-state index contributed by atoms with van der Waals surface area (Å²) in [5, 5.41) is 4.12. The van der Waals surface area contributed by atoms with E-state index < -0.39 is 0 Å². The van der Waals surface area contributed by atoms with Crippen molar-refractivity contribution in [2.45, 2.75) is 26.8 Å². The summed E-state index contributed by atoms with van der Waals surface area (Å²) in [6.07, 6.45) is 2.99. The molecule has 0 aliphatic carbocycles. The summed E-state index contributed by atoms with van der Waals surface area (Å²) in [5.74, 6) is -0.0130. The summed E-state index contributed by atoms with van der Waals surface area (Å²) in [5.41, 5.74) is 4.42. The summed E-state index contributed by atoms with van der Waals surface area (Å²) >= 11 is 0. The van der Waals surface area contributed by atoms with Crippen LogP contribution >= 0.6 is 0 Å². The van der Waals surface area contributed by atoms with Gasteiger partial charge in [-0.15, -0.1) is 0 Å². The van der Waals surface area contributed by atoms with Crippen LogP contribution in [0.4, 0.5) is 5.69 Å². The quantitative estimate of drug-likeness (QED) is 0.770. The topological polar surface area (TPSA) is 34.0 Å². The Labute approximate surface area is 130 Å². The lowest BCUT2D eigenvalue weighted by molar-refractivity contribution is -0.116. The van der Waals surface area contributed by atoms with Gasteiger partial charge in [0.25, 0.3) is 0 Å². The summed E-state index contributed by atoms with van der Waals surface area (Å²) < 4.78 is 1.98. The minimum atomic E-state index is -0.0130. The fraction of sp³-hybridized carbons (Fsp3) is 0.211. The summed E-state index contributed by atoms with van der Waals surface area (Å²) in [6, 6.07) is 16.3. The predicted octanol–water partition coefficient (Wildman–Crippen LogP) is 4.15. The first-order chi connectivity index (χ1) is 10.7. The SMILES string of the molecule is CCc1ccc2c(ccn2CC(=O)Nc2ccc(C)cc2)c1. The van der Waals surface area contributed by atoms with Crippen LogP contribution in [0.2, 0.25) is 0 Å². The van der Waals surface area contributed by atoms with Crippen LogP contribution in [0.1, 0.15) is 18.1 Å². The number of aryl methyl sites for hydroxylation is 2. The van der Waals surface area contributed by atoms with Crippen molar-refractivity contribution in [2.24, 2.45) is 0 Å². The van der Waals surface area contributed by atoms with Gasteiger partial charge >= 0.3 is 0 Å². The zero-order valence-corrected chi connectivity index (χ0v) is 13.0. The average molecular weight is 292 g/mol. The minimum Gasteiger partial charge on any atom is -0.338 e. The molecule has 0 aliphatic heterocycles. The third-order valence-electron chi connectivity index (χ3n) is 3.89. The van der Waals surface area contributed by atoms with Gasteiger partial charge in [-0.2, -0.15) is 0 Å². The number of fused-ring (bicyclic) bond motifs is 1. The van der Waals surface area contributed by atoms with Gasteiger partial charge in [-0.05, 0) is 54.6 Å². The molecule has 1 N–H and O–H groups in total. The van der Waals surface area contributed by atoms with Gasteiger partial charge < -0.3 is 9.88 Å².